The third-order valence-electron chi connectivity index (χ3n) is 6.07. The number of likely N-dealkylation sites (tertiary alicyclic amines) is 1. The standard InChI is InChI=1S/C19H25N3O2/c23-18(21-14-5-9-20-10-6-14)13-7-11-22(12-8-13)19(24)17-15-3-1-2-4-16(15)17/h5-6,9-10,13,15-17H,1-4,7-8,11-12H2,(H,20,21,23)/t15-,16-/m1/s1. The Bertz CT molecular complexity index is 598. The Morgan fingerprint density at radius 1 is 1.00 bits per heavy atom. The number of nitrogens with one attached hydrogen (secondary N) is 1. The third kappa shape index (κ3) is 3.04. The highest BCUT2D eigenvalue weighted by molar-refractivity contribution is 5.92. The van der Waals surface area contributed by atoms with Gasteiger partial charge in [0.05, 0.1) is 0 Å². The summed E-state index contributed by atoms with van der Waals surface area (Å²) in [6, 6.07) is 3.59. The summed E-state index contributed by atoms with van der Waals surface area (Å²) in [5, 5.41) is 2.95. The average molecular weight is 327 g/mol. The van der Waals surface area contributed by atoms with Crippen molar-refractivity contribution < 1.29 is 9.59 Å². The van der Waals surface area contributed by atoms with Crippen LogP contribution >= 0.6 is 0 Å². The first-order chi connectivity index (χ1) is 11.7. The summed E-state index contributed by atoms with van der Waals surface area (Å²) in [7, 11) is 0. The Hall–Kier alpha value is -1.91. The summed E-state index contributed by atoms with van der Waals surface area (Å²) in [6.07, 6.45) is 9.95. The molecule has 2 amide bonds. The minimum absolute atomic E-state index is 0.00342. The number of anilines is 1. The maximum atomic E-state index is 12.7. The molecule has 128 valence electrons. The van der Waals surface area contributed by atoms with Gasteiger partial charge in [0.1, 0.15) is 0 Å². The van der Waals surface area contributed by atoms with E-state index in [2.05, 4.69) is 10.3 Å². The van der Waals surface area contributed by atoms with Crippen LogP contribution in [0.15, 0.2) is 24.5 Å². The second kappa shape index (κ2) is 6.54. The van der Waals surface area contributed by atoms with Gasteiger partial charge in [-0.3, -0.25) is 14.6 Å². The molecule has 2 heterocycles. The predicted octanol–water partition coefficient (Wildman–Crippen LogP) is 2.69. The first-order valence-corrected chi connectivity index (χ1v) is 9.24. The molecule has 2 aliphatic carbocycles. The fourth-order valence-corrected chi connectivity index (χ4v) is 4.61. The van der Waals surface area contributed by atoms with E-state index in [1.807, 2.05) is 4.90 Å². The molecule has 3 aliphatic rings. The summed E-state index contributed by atoms with van der Waals surface area (Å²) in [5.74, 6) is 2.06. The molecule has 0 spiro atoms. The lowest BCUT2D eigenvalue weighted by molar-refractivity contribution is -0.136. The number of hydrogen-bond acceptors (Lipinski definition) is 3. The van der Waals surface area contributed by atoms with Crippen LogP contribution in [0.25, 0.3) is 0 Å². The van der Waals surface area contributed by atoms with E-state index < -0.39 is 0 Å². The van der Waals surface area contributed by atoms with Crippen LogP contribution in [-0.4, -0.2) is 34.8 Å². The van der Waals surface area contributed by atoms with Crippen LogP contribution in [0.3, 0.4) is 0 Å². The van der Waals surface area contributed by atoms with Crippen LogP contribution in [0.5, 0.6) is 0 Å². The monoisotopic (exact) mass is 327 g/mol. The van der Waals surface area contributed by atoms with Gasteiger partial charge >= 0.3 is 0 Å². The van der Waals surface area contributed by atoms with E-state index in [9.17, 15) is 9.59 Å². The minimum atomic E-state index is 0.00342. The molecule has 4 rings (SSSR count). The zero-order valence-corrected chi connectivity index (χ0v) is 14.0. The number of carbonyl (C=O) groups excluding carboxylic acids is 2. The number of rotatable bonds is 3. The normalized spacial score (nSPS) is 29.7. The molecule has 5 nitrogen and oxygen atoms in total. The van der Waals surface area contributed by atoms with E-state index in [1.165, 1.54) is 25.7 Å². The second-order valence-corrected chi connectivity index (χ2v) is 7.46. The van der Waals surface area contributed by atoms with Gasteiger partial charge in [-0.2, -0.15) is 0 Å². The first-order valence-electron chi connectivity index (χ1n) is 9.24. The Morgan fingerprint density at radius 3 is 2.25 bits per heavy atom. The fourth-order valence-electron chi connectivity index (χ4n) is 4.61. The highest BCUT2D eigenvalue weighted by Gasteiger charge is 2.55. The first kappa shape index (κ1) is 15.6. The van der Waals surface area contributed by atoms with Crippen LogP contribution in [0.1, 0.15) is 38.5 Å². The van der Waals surface area contributed by atoms with Crippen LogP contribution < -0.4 is 5.32 Å². The van der Waals surface area contributed by atoms with Gasteiger partial charge in [-0.1, -0.05) is 12.8 Å². The molecule has 0 aromatic carbocycles. The Morgan fingerprint density at radius 2 is 1.62 bits per heavy atom. The number of pyridine rings is 1. The van der Waals surface area contributed by atoms with E-state index in [4.69, 9.17) is 0 Å². The Labute approximate surface area is 142 Å². The summed E-state index contributed by atoms with van der Waals surface area (Å²) >= 11 is 0. The molecule has 1 aromatic heterocycles. The molecule has 0 bridgehead atoms. The van der Waals surface area contributed by atoms with E-state index in [1.54, 1.807) is 24.5 Å². The zero-order valence-electron chi connectivity index (χ0n) is 14.0. The van der Waals surface area contributed by atoms with Crippen molar-refractivity contribution in [2.75, 3.05) is 18.4 Å². The highest BCUT2D eigenvalue weighted by atomic mass is 16.2. The minimum Gasteiger partial charge on any atom is -0.342 e. The van der Waals surface area contributed by atoms with E-state index in [0.29, 0.717) is 23.7 Å². The maximum Gasteiger partial charge on any atom is 0.227 e. The van der Waals surface area contributed by atoms with Crippen LogP contribution in [0, 0.1) is 23.7 Å². The lowest BCUT2D eigenvalue weighted by Gasteiger charge is -2.31. The summed E-state index contributed by atoms with van der Waals surface area (Å²) in [4.78, 5) is 31.0. The molecule has 2 saturated carbocycles. The van der Waals surface area contributed by atoms with Gasteiger partial charge in [0.2, 0.25) is 11.8 Å². The highest BCUT2D eigenvalue weighted by Crippen LogP contribution is 2.56. The van der Waals surface area contributed by atoms with Crippen molar-refractivity contribution in [3.8, 4) is 0 Å². The molecule has 2 atom stereocenters. The van der Waals surface area contributed by atoms with Gasteiger partial charge in [0.25, 0.3) is 0 Å². The quantitative estimate of drug-likeness (QED) is 0.928. The SMILES string of the molecule is O=C(Nc1ccncc1)C1CCN(C(=O)C2[C@@H]3CCCC[C@@H]23)CC1. The van der Waals surface area contributed by atoms with Gasteiger partial charge in [0, 0.05) is 43.0 Å². The van der Waals surface area contributed by atoms with Crippen molar-refractivity contribution in [2.45, 2.75) is 38.5 Å². The number of fused-ring (bicyclic) bond motifs is 1. The molecule has 0 radical (unpaired) electrons. The van der Waals surface area contributed by atoms with Gasteiger partial charge in [-0.25, -0.2) is 0 Å². The van der Waals surface area contributed by atoms with Crippen molar-refractivity contribution in [1.82, 2.24) is 9.88 Å². The average Bonchev–Trinajstić information content (AvgIpc) is 3.36. The van der Waals surface area contributed by atoms with Crippen molar-refractivity contribution >= 4 is 17.5 Å². The van der Waals surface area contributed by atoms with Gasteiger partial charge in [-0.15, -0.1) is 0 Å². The molecule has 3 fully saturated rings. The van der Waals surface area contributed by atoms with Gasteiger partial charge < -0.3 is 10.2 Å². The topological polar surface area (TPSA) is 62.3 Å². The number of amides is 2. The van der Waals surface area contributed by atoms with Crippen molar-refractivity contribution in [3.05, 3.63) is 24.5 Å². The Kier molecular flexibility index (Phi) is 4.25. The maximum absolute atomic E-state index is 12.7. The van der Waals surface area contributed by atoms with Crippen LogP contribution in [0.2, 0.25) is 0 Å². The van der Waals surface area contributed by atoms with E-state index >= 15 is 0 Å². The lowest BCUT2D eigenvalue weighted by atomic mass is 9.95. The number of hydrogen-bond donors (Lipinski definition) is 1. The number of carbonyl (C=O) groups is 2. The molecule has 0 unspecified atom stereocenters. The molecule has 5 heteroatoms. The zero-order chi connectivity index (χ0) is 16.5. The number of nitrogens with zero attached hydrogens (tertiary/aromatic N) is 2. The summed E-state index contributed by atoms with van der Waals surface area (Å²) in [5.41, 5.74) is 0.788. The van der Waals surface area contributed by atoms with Crippen LogP contribution in [0.4, 0.5) is 5.69 Å². The van der Waals surface area contributed by atoms with E-state index in [0.717, 1.165) is 31.6 Å². The smallest absolute Gasteiger partial charge is 0.227 e. The third-order valence-corrected chi connectivity index (χ3v) is 6.07. The molecular weight excluding hydrogens is 302 g/mol. The second-order valence-electron chi connectivity index (χ2n) is 7.46. The molecular formula is C19H25N3O2. The Balaban J connectivity index is 1.27. The molecule has 1 aromatic rings. The molecule has 1 aliphatic heterocycles. The lowest BCUT2D eigenvalue weighted by Crippen LogP contribution is -2.42. The fraction of sp³-hybridized carbons (Fsp3) is 0.632. The largest absolute Gasteiger partial charge is 0.342 e. The number of aromatic nitrogens is 1. The van der Waals surface area contributed by atoms with Gasteiger partial charge in [-0.05, 0) is 49.7 Å². The number of piperidine rings is 1. The van der Waals surface area contributed by atoms with Crippen molar-refractivity contribution in [1.29, 1.82) is 0 Å². The summed E-state index contributed by atoms with van der Waals surface area (Å²) in [6.45, 7) is 1.45. The predicted molar refractivity (Wildman–Crippen MR) is 91.1 cm³/mol. The van der Waals surface area contributed by atoms with Crippen molar-refractivity contribution in [3.63, 3.8) is 0 Å². The van der Waals surface area contributed by atoms with E-state index in [-0.39, 0.29) is 11.8 Å². The summed E-state index contributed by atoms with van der Waals surface area (Å²) < 4.78 is 0. The molecule has 24 heavy (non-hydrogen) atoms. The van der Waals surface area contributed by atoms with Crippen molar-refractivity contribution in [2.24, 2.45) is 23.7 Å². The molecule has 1 saturated heterocycles. The van der Waals surface area contributed by atoms with Gasteiger partial charge in [0.15, 0.2) is 0 Å². The van der Waals surface area contributed by atoms with Crippen LogP contribution in [-0.2, 0) is 9.59 Å². The molecule has 1 N–H and O–H groups in total.